The Morgan fingerprint density at radius 1 is 1.05 bits per heavy atom. The van der Waals surface area contributed by atoms with Crippen LogP contribution in [0.4, 0.5) is 0 Å². The molecule has 0 saturated carbocycles. The van der Waals surface area contributed by atoms with Gasteiger partial charge in [-0.1, -0.05) is 48.9 Å². The van der Waals surface area contributed by atoms with E-state index in [1.54, 1.807) is 11.8 Å². The van der Waals surface area contributed by atoms with Gasteiger partial charge in [0.05, 0.1) is 6.04 Å². The summed E-state index contributed by atoms with van der Waals surface area (Å²) in [6.07, 6.45) is 3.26. The molecule has 0 aliphatic heterocycles. The standard InChI is InChI=1S/C18H23NS/c1-4-12-19-18(16-7-5-6-14(2)13-16)15-8-10-17(20-3)11-9-15/h5-11,13,18-19H,4,12H2,1-3H3. The molecule has 0 saturated heterocycles. The Labute approximate surface area is 126 Å². The van der Waals surface area contributed by atoms with Crippen LogP contribution in [-0.4, -0.2) is 12.8 Å². The molecule has 0 aromatic heterocycles. The summed E-state index contributed by atoms with van der Waals surface area (Å²) in [6.45, 7) is 5.39. The van der Waals surface area contributed by atoms with E-state index in [9.17, 15) is 0 Å². The lowest BCUT2D eigenvalue weighted by molar-refractivity contribution is 0.598. The van der Waals surface area contributed by atoms with Crippen molar-refractivity contribution in [1.82, 2.24) is 5.32 Å². The lowest BCUT2D eigenvalue weighted by Gasteiger charge is -2.20. The first-order chi connectivity index (χ1) is 9.74. The van der Waals surface area contributed by atoms with Gasteiger partial charge in [0, 0.05) is 4.90 Å². The molecule has 2 aromatic carbocycles. The first-order valence-corrected chi connectivity index (χ1v) is 8.41. The number of benzene rings is 2. The van der Waals surface area contributed by atoms with Gasteiger partial charge in [-0.05, 0) is 49.4 Å². The molecular formula is C18H23NS. The minimum absolute atomic E-state index is 0.283. The highest BCUT2D eigenvalue weighted by Gasteiger charge is 2.13. The lowest BCUT2D eigenvalue weighted by Crippen LogP contribution is -2.23. The van der Waals surface area contributed by atoms with Crippen molar-refractivity contribution in [1.29, 1.82) is 0 Å². The minimum Gasteiger partial charge on any atom is -0.306 e. The van der Waals surface area contributed by atoms with Gasteiger partial charge in [0.15, 0.2) is 0 Å². The fourth-order valence-corrected chi connectivity index (χ4v) is 2.77. The predicted octanol–water partition coefficient (Wildman–Crippen LogP) is 4.81. The highest BCUT2D eigenvalue weighted by molar-refractivity contribution is 7.98. The lowest BCUT2D eigenvalue weighted by atomic mass is 9.97. The molecule has 2 aromatic rings. The Morgan fingerprint density at radius 2 is 1.80 bits per heavy atom. The first kappa shape index (κ1) is 15.1. The van der Waals surface area contributed by atoms with Crippen LogP contribution in [0.15, 0.2) is 53.4 Å². The maximum Gasteiger partial charge on any atom is 0.0576 e. The van der Waals surface area contributed by atoms with Crippen molar-refractivity contribution in [2.24, 2.45) is 0 Å². The number of thioether (sulfide) groups is 1. The van der Waals surface area contributed by atoms with E-state index in [0.29, 0.717) is 0 Å². The molecular weight excluding hydrogens is 262 g/mol. The van der Waals surface area contributed by atoms with Crippen LogP contribution < -0.4 is 5.32 Å². The highest BCUT2D eigenvalue weighted by Crippen LogP contribution is 2.25. The van der Waals surface area contributed by atoms with Crippen LogP contribution >= 0.6 is 11.8 Å². The average molecular weight is 285 g/mol. The molecule has 0 aliphatic rings. The molecule has 0 amide bonds. The van der Waals surface area contributed by atoms with Crippen molar-refractivity contribution < 1.29 is 0 Å². The van der Waals surface area contributed by atoms with Crippen LogP contribution in [0.25, 0.3) is 0 Å². The summed E-state index contributed by atoms with van der Waals surface area (Å²) >= 11 is 1.78. The van der Waals surface area contributed by atoms with Crippen LogP contribution in [0.3, 0.4) is 0 Å². The normalized spacial score (nSPS) is 12.3. The maximum absolute atomic E-state index is 3.66. The molecule has 1 atom stereocenters. The van der Waals surface area contributed by atoms with Crippen molar-refractivity contribution in [3.05, 3.63) is 65.2 Å². The highest BCUT2D eigenvalue weighted by atomic mass is 32.2. The Morgan fingerprint density at radius 3 is 2.40 bits per heavy atom. The van der Waals surface area contributed by atoms with E-state index in [1.165, 1.54) is 21.6 Å². The molecule has 0 radical (unpaired) electrons. The van der Waals surface area contributed by atoms with E-state index in [0.717, 1.165) is 13.0 Å². The fourth-order valence-electron chi connectivity index (χ4n) is 2.36. The minimum atomic E-state index is 0.283. The van der Waals surface area contributed by atoms with Crippen molar-refractivity contribution in [2.45, 2.75) is 31.2 Å². The van der Waals surface area contributed by atoms with Crippen LogP contribution in [0.1, 0.15) is 36.1 Å². The van der Waals surface area contributed by atoms with Gasteiger partial charge in [0.2, 0.25) is 0 Å². The Hall–Kier alpha value is -1.25. The van der Waals surface area contributed by atoms with Gasteiger partial charge in [0.25, 0.3) is 0 Å². The zero-order valence-electron chi connectivity index (χ0n) is 12.5. The van der Waals surface area contributed by atoms with Gasteiger partial charge in [0.1, 0.15) is 0 Å². The molecule has 106 valence electrons. The SMILES string of the molecule is CCCNC(c1ccc(SC)cc1)c1cccc(C)c1. The van der Waals surface area contributed by atoms with Crippen molar-refractivity contribution in [3.63, 3.8) is 0 Å². The van der Waals surface area contributed by atoms with Crippen LogP contribution in [0.2, 0.25) is 0 Å². The second kappa shape index (κ2) is 7.51. The predicted molar refractivity (Wildman–Crippen MR) is 89.5 cm³/mol. The fraction of sp³-hybridized carbons (Fsp3) is 0.333. The molecule has 20 heavy (non-hydrogen) atoms. The van der Waals surface area contributed by atoms with Gasteiger partial charge < -0.3 is 5.32 Å². The number of nitrogens with one attached hydrogen (secondary N) is 1. The van der Waals surface area contributed by atoms with Gasteiger partial charge in [-0.2, -0.15) is 0 Å². The summed E-state index contributed by atoms with van der Waals surface area (Å²) in [5.74, 6) is 0. The summed E-state index contributed by atoms with van der Waals surface area (Å²) in [7, 11) is 0. The van der Waals surface area contributed by atoms with E-state index < -0.39 is 0 Å². The summed E-state index contributed by atoms with van der Waals surface area (Å²) in [6, 6.07) is 17.9. The van der Waals surface area contributed by atoms with E-state index in [1.807, 2.05) is 0 Å². The van der Waals surface area contributed by atoms with Crippen molar-refractivity contribution >= 4 is 11.8 Å². The van der Waals surface area contributed by atoms with E-state index in [2.05, 4.69) is 74.0 Å². The van der Waals surface area contributed by atoms with Gasteiger partial charge in [-0.25, -0.2) is 0 Å². The smallest absolute Gasteiger partial charge is 0.0576 e. The number of hydrogen-bond acceptors (Lipinski definition) is 2. The third-order valence-corrected chi connectivity index (χ3v) is 4.17. The quantitative estimate of drug-likeness (QED) is 0.765. The molecule has 0 spiro atoms. The summed E-state index contributed by atoms with van der Waals surface area (Å²) < 4.78 is 0. The molecule has 0 fully saturated rings. The largest absolute Gasteiger partial charge is 0.306 e. The van der Waals surface area contributed by atoms with Crippen molar-refractivity contribution in [2.75, 3.05) is 12.8 Å². The molecule has 2 rings (SSSR count). The molecule has 2 heteroatoms. The van der Waals surface area contributed by atoms with Crippen LogP contribution in [-0.2, 0) is 0 Å². The Bertz CT molecular complexity index is 533. The zero-order chi connectivity index (χ0) is 14.4. The monoisotopic (exact) mass is 285 g/mol. The van der Waals surface area contributed by atoms with Crippen LogP contribution in [0.5, 0.6) is 0 Å². The van der Waals surface area contributed by atoms with Crippen molar-refractivity contribution in [3.8, 4) is 0 Å². The Kier molecular flexibility index (Phi) is 5.69. The molecule has 0 bridgehead atoms. The van der Waals surface area contributed by atoms with Crippen LogP contribution in [0, 0.1) is 6.92 Å². The summed E-state index contributed by atoms with van der Waals surface area (Å²) in [5, 5.41) is 3.66. The molecule has 1 nitrogen and oxygen atoms in total. The summed E-state index contributed by atoms with van der Waals surface area (Å²) in [5.41, 5.74) is 3.99. The molecule has 1 N–H and O–H groups in total. The Balaban J connectivity index is 2.30. The molecule has 0 heterocycles. The number of aryl methyl sites for hydroxylation is 1. The third kappa shape index (κ3) is 3.87. The topological polar surface area (TPSA) is 12.0 Å². The molecule has 0 aliphatic carbocycles. The number of rotatable bonds is 6. The maximum atomic E-state index is 3.66. The van der Waals surface area contributed by atoms with Gasteiger partial charge >= 0.3 is 0 Å². The average Bonchev–Trinajstić information content (AvgIpc) is 2.48. The van der Waals surface area contributed by atoms with E-state index in [-0.39, 0.29) is 6.04 Å². The first-order valence-electron chi connectivity index (χ1n) is 7.18. The third-order valence-electron chi connectivity index (χ3n) is 3.42. The number of hydrogen-bond donors (Lipinski definition) is 1. The van der Waals surface area contributed by atoms with Gasteiger partial charge in [-0.3, -0.25) is 0 Å². The zero-order valence-corrected chi connectivity index (χ0v) is 13.3. The second-order valence-corrected chi connectivity index (χ2v) is 5.95. The second-order valence-electron chi connectivity index (χ2n) is 5.07. The van der Waals surface area contributed by atoms with E-state index in [4.69, 9.17) is 0 Å². The van der Waals surface area contributed by atoms with E-state index >= 15 is 0 Å². The summed E-state index contributed by atoms with van der Waals surface area (Å²) in [4.78, 5) is 1.31. The molecule has 1 unspecified atom stereocenters. The van der Waals surface area contributed by atoms with Gasteiger partial charge in [-0.15, -0.1) is 11.8 Å².